The maximum absolute atomic E-state index is 13.1. The number of thioether (sulfide) groups is 1. The molecule has 0 aliphatic heterocycles. The summed E-state index contributed by atoms with van der Waals surface area (Å²) in [5, 5.41) is 13.5. The molecule has 158 valence electrons. The highest BCUT2D eigenvalue weighted by atomic mass is 32.2. The smallest absolute Gasteiger partial charge is 0.330 e. The van der Waals surface area contributed by atoms with Crippen LogP contribution in [-0.4, -0.2) is 21.4 Å². The van der Waals surface area contributed by atoms with Gasteiger partial charge in [0.05, 0.1) is 16.5 Å². The summed E-state index contributed by atoms with van der Waals surface area (Å²) in [7, 11) is 0. The van der Waals surface area contributed by atoms with Crippen molar-refractivity contribution in [3.63, 3.8) is 0 Å². The van der Waals surface area contributed by atoms with Crippen LogP contribution in [0.25, 0.3) is 0 Å². The lowest BCUT2D eigenvalue weighted by Crippen LogP contribution is -2.24. The lowest BCUT2D eigenvalue weighted by atomic mass is 10.1. The number of hydrogen-bond donors (Lipinski definition) is 2. The molecule has 2 aromatic carbocycles. The highest BCUT2D eigenvalue weighted by Crippen LogP contribution is 2.35. The van der Waals surface area contributed by atoms with E-state index in [-0.39, 0.29) is 5.69 Å². The number of nitrogens with zero attached hydrogens (tertiary/aromatic N) is 2. The van der Waals surface area contributed by atoms with Gasteiger partial charge in [0.1, 0.15) is 0 Å². The van der Waals surface area contributed by atoms with Crippen molar-refractivity contribution in [2.75, 3.05) is 10.6 Å². The van der Waals surface area contributed by atoms with Gasteiger partial charge in [0, 0.05) is 5.69 Å². The number of carbonyl (C=O) groups is 1. The van der Waals surface area contributed by atoms with E-state index in [1.54, 1.807) is 6.92 Å². The molecule has 0 saturated heterocycles. The fourth-order valence-corrected chi connectivity index (χ4v) is 4.45. The summed E-state index contributed by atoms with van der Waals surface area (Å²) in [6.07, 6.45) is -4.55. The Labute approximate surface area is 180 Å². The summed E-state index contributed by atoms with van der Waals surface area (Å²) < 4.78 is 39.8. The third-order valence-electron chi connectivity index (χ3n) is 4.30. The van der Waals surface area contributed by atoms with Crippen LogP contribution >= 0.6 is 23.1 Å². The second-order valence-electron chi connectivity index (χ2n) is 6.59. The van der Waals surface area contributed by atoms with Crippen LogP contribution in [-0.2, 0) is 11.0 Å². The van der Waals surface area contributed by atoms with E-state index in [0.717, 1.165) is 29.1 Å². The van der Waals surface area contributed by atoms with Crippen LogP contribution in [0.3, 0.4) is 0 Å². The first-order valence-electron chi connectivity index (χ1n) is 8.95. The highest BCUT2D eigenvalue weighted by Gasteiger charge is 2.34. The molecule has 3 aromatic rings. The van der Waals surface area contributed by atoms with Gasteiger partial charge in [-0.1, -0.05) is 41.3 Å². The first kappa shape index (κ1) is 22.1. The van der Waals surface area contributed by atoms with Crippen LogP contribution in [0.2, 0.25) is 0 Å². The molecule has 1 amide bonds. The Kier molecular flexibility index (Phi) is 6.67. The Morgan fingerprint density at radius 3 is 2.53 bits per heavy atom. The van der Waals surface area contributed by atoms with Crippen molar-refractivity contribution in [2.45, 2.75) is 36.5 Å². The maximum Gasteiger partial charge on any atom is 0.418 e. The monoisotopic (exact) mass is 452 g/mol. The SMILES string of the molecule is Cc1ccc(Nc2nnc(SC(C)C(=O)Nc3ccccc3C(F)(F)F)s2)cc1C. The van der Waals surface area contributed by atoms with E-state index < -0.39 is 22.9 Å². The number of rotatable bonds is 6. The summed E-state index contributed by atoms with van der Waals surface area (Å²) in [5.74, 6) is -0.546. The molecule has 2 N–H and O–H groups in total. The van der Waals surface area contributed by atoms with Gasteiger partial charge < -0.3 is 10.6 Å². The van der Waals surface area contributed by atoms with Gasteiger partial charge in [-0.3, -0.25) is 4.79 Å². The fourth-order valence-electron chi connectivity index (χ4n) is 2.53. The minimum Gasteiger partial charge on any atom is -0.330 e. The van der Waals surface area contributed by atoms with Crippen molar-refractivity contribution in [2.24, 2.45) is 0 Å². The predicted molar refractivity (Wildman–Crippen MR) is 115 cm³/mol. The lowest BCUT2D eigenvalue weighted by molar-refractivity contribution is -0.137. The normalized spacial score (nSPS) is 12.5. The molecule has 0 saturated carbocycles. The number of para-hydroxylation sites is 1. The minimum absolute atomic E-state index is 0.267. The Morgan fingerprint density at radius 2 is 1.83 bits per heavy atom. The third kappa shape index (κ3) is 5.51. The molecule has 0 aliphatic rings. The van der Waals surface area contributed by atoms with Crippen molar-refractivity contribution in [3.05, 3.63) is 59.2 Å². The quantitative estimate of drug-likeness (QED) is 0.447. The number of anilines is 3. The molecule has 0 radical (unpaired) electrons. The molecule has 1 atom stereocenters. The average molecular weight is 453 g/mol. The summed E-state index contributed by atoms with van der Waals surface area (Å²) in [6, 6.07) is 10.8. The minimum atomic E-state index is -4.55. The molecular weight excluding hydrogens is 433 g/mol. The highest BCUT2D eigenvalue weighted by molar-refractivity contribution is 8.02. The molecule has 10 heteroatoms. The first-order valence-corrected chi connectivity index (χ1v) is 10.6. The molecule has 0 spiro atoms. The lowest BCUT2D eigenvalue weighted by Gasteiger charge is -2.15. The second-order valence-corrected chi connectivity index (χ2v) is 9.16. The topological polar surface area (TPSA) is 66.9 Å². The van der Waals surface area contributed by atoms with Crippen molar-refractivity contribution >= 4 is 45.5 Å². The van der Waals surface area contributed by atoms with Gasteiger partial charge in [0.2, 0.25) is 11.0 Å². The number of aryl methyl sites for hydroxylation is 2. The van der Waals surface area contributed by atoms with Crippen LogP contribution in [0.1, 0.15) is 23.6 Å². The van der Waals surface area contributed by atoms with Crippen LogP contribution in [0, 0.1) is 13.8 Å². The van der Waals surface area contributed by atoms with Crippen molar-refractivity contribution < 1.29 is 18.0 Å². The fraction of sp³-hybridized carbons (Fsp3) is 0.250. The van der Waals surface area contributed by atoms with E-state index in [0.29, 0.717) is 9.47 Å². The summed E-state index contributed by atoms with van der Waals surface area (Å²) in [6.45, 7) is 5.64. The zero-order valence-electron chi connectivity index (χ0n) is 16.4. The molecule has 3 rings (SSSR count). The number of nitrogens with one attached hydrogen (secondary N) is 2. The zero-order valence-corrected chi connectivity index (χ0v) is 18.0. The van der Waals surface area contributed by atoms with E-state index in [4.69, 9.17) is 0 Å². The summed E-state index contributed by atoms with van der Waals surface area (Å²) in [5.41, 5.74) is 2.05. The zero-order chi connectivity index (χ0) is 21.9. The van der Waals surface area contributed by atoms with E-state index in [1.807, 2.05) is 32.0 Å². The van der Waals surface area contributed by atoms with Crippen molar-refractivity contribution in [1.82, 2.24) is 10.2 Å². The van der Waals surface area contributed by atoms with Gasteiger partial charge in [-0.15, -0.1) is 10.2 Å². The number of aromatic nitrogens is 2. The maximum atomic E-state index is 13.1. The Balaban J connectivity index is 1.63. The predicted octanol–water partition coefficient (Wildman–Crippen LogP) is 6.04. The van der Waals surface area contributed by atoms with E-state index in [2.05, 4.69) is 20.8 Å². The van der Waals surface area contributed by atoms with Crippen molar-refractivity contribution in [3.8, 4) is 0 Å². The number of alkyl halides is 3. The molecule has 30 heavy (non-hydrogen) atoms. The van der Waals surface area contributed by atoms with Gasteiger partial charge in [-0.05, 0) is 56.2 Å². The van der Waals surface area contributed by atoms with Gasteiger partial charge in [0.15, 0.2) is 4.34 Å². The molecule has 1 heterocycles. The number of amides is 1. The third-order valence-corrected chi connectivity index (χ3v) is 6.32. The van der Waals surface area contributed by atoms with E-state index >= 15 is 0 Å². The van der Waals surface area contributed by atoms with E-state index in [9.17, 15) is 18.0 Å². The molecule has 0 bridgehead atoms. The molecule has 1 unspecified atom stereocenters. The standard InChI is InChI=1S/C20H19F3N4OS2/c1-11-8-9-14(10-12(11)2)24-18-26-27-19(30-18)29-13(3)17(28)25-16-7-5-4-6-15(16)20(21,22)23/h4-10,13H,1-3H3,(H,24,26)(H,25,28). The Bertz CT molecular complexity index is 1050. The van der Waals surface area contributed by atoms with Crippen LogP contribution < -0.4 is 10.6 Å². The van der Waals surface area contributed by atoms with Gasteiger partial charge >= 0.3 is 6.18 Å². The number of halogens is 3. The largest absolute Gasteiger partial charge is 0.418 e. The van der Waals surface area contributed by atoms with Gasteiger partial charge in [0.25, 0.3) is 0 Å². The van der Waals surface area contributed by atoms with Crippen LogP contribution in [0.5, 0.6) is 0 Å². The number of carbonyl (C=O) groups excluding carboxylic acids is 1. The number of hydrogen-bond acceptors (Lipinski definition) is 6. The molecular formula is C20H19F3N4OS2. The molecule has 5 nitrogen and oxygen atoms in total. The Morgan fingerprint density at radius 1 is 1.10 bits per heavy atom. The Hall–Kier alpha value is -2.59. The summed E-state index contributed by atoms with van der Waals surface area (Å²) >= 11 is 2.40. The van der Waals surface area contributed by atoms with Gasteiger partial charge in [-0.2, -0.15) is 13.2 Å². The van der Waals surface area contributed by atoms with E-state index in [1.165, 1.54) is 35.1 Å². The molecule has 1 aromatic heterocycles. The average Bonchev–Trinajstić information content (AvgIpc) is 3.11. The second kappa shape index (κ2) is 9.05. The number of benzene rings is 2. The molecule has 0 aliphatic carbocycles. The molecule has 0 fully saturated rings. The summed E-state index contributed by atoms with van der Waals surface area (Å²) in [4.78, 5) is 12.4. The van der Waals surface area contributed by atoms with Crippen LogP contribution in [0.15, 0.2) is 46.8 Å². The van der Waals surface area contributed by atoms with Gasteiger partial charge in [-0.25, -0.2) is 0 Å². The van der Waals surface area contributed by atoms with Crippen molar-refractivity contribution in [1.29, 1.82) is 0 Å². The first-order chi connectivity index (χ1) is 14.1. The van der Waals surface area contributed by atoms with Crippen LogP contribution in [0.4, 0.5) is 29.7 Å².